The molecule has 0 radical (unpaired) electrons. The summed E-state index contributed by atoms with van der Waals surface area (Å²) < 4.78 is 42.5. The number of hydrogen-bond acceptors (Lipinski definition) is 2. The standard InChI is InChI=1S/C19H15ClF3N3/c20-15-9-11(21)4-6-13(15)18-14-3-1-2-8-24-19(14)26(25-18)17-7-5-12(22)10-16(17)23/h4-7,9-10,24H,1-3,8H2. The molecule has 134 valence electrons. The number of hydrogen-bond donors (Lipinski definition) is 1. The van der Waals surface area contributed by atoms with Crippen LogP contribution < -0.4 is 5.32 Å². The molecular formula is C19H15ClF3N3. The van der Waals surface area contributed by atoms with Gasteiger partial charge in [-0.2, -0.15) is 5.10 Å². The highest BCUT2D eigenvalue weighted by molar-refractivity contribution is 6.33. The first kappa shape index (κ1) is 17.0. The Kier molecular flexibility index (Phi) is 4.36. The van der Waals surface area contributed by atoms with Crippen molar-refractivity contribution in [2.24, 2.45) is 0 Å². The minimum Gasteiger partial charge on any atom is -0.370 e. The van der Waals surface area contributed by atoms with Gasteiger partial charge in [-0.15, -0.1) is 0 Å². The van der Waals surface area contributed by atoms with E-state index in [1.54, 1.807) is 6.07 Å². The molecule has 1 aliphatic rings. The van der Waals surface area contributed by atoms with Crippen LogP contribution in [0.2, 0.25) is 5.02 Å². The third kappa shape index (κ3) is 2.94. The van der Waals surface area contributed by atoms with Gasteiger partial charge in [0.15, 0.2) is 5.82 Å². The van der Waals surface area contributed by atoms with Crippen LogP contribution in [0.25, 0.3) is 16.9 Å². The summed E-state index contributed by atoms with van der Waals surface area (Å²) in [5.74, 6) is -1.15. The fourth-order valence-electron chi connectivity index (χ4n) is 3.23. The van der Waals surface area contributed by atoms with E-state index in [9.17, 15) is 13.2 Å². The minimum absolute atomic E-state index is 0.140. The monoisotopic (exact) mass is 377 g/mol. The summed E-state index contributed by atoms with van der Waals surface area (Å²) >= 11 is 6.22. The molecule has 4 rings (SSSR count). The van der Waals surface area contributed by atoms with Gasteiger partial charge in [-0.3, -0.25) is 0 Å². The third-order valence-electron chi connectivity index (χ3n) is 4.45. The van der Waals surface area contributed by atoms with Crippen LogP contribution in [0.3, 0.4) is 0 Å². The van der Waals surface area contributed by atoms with Gasteiger partial charge in [-0.05, 0) is 49.6 Å². The lowest BCUT2D eigenvalue weighted by Crippen LogP contribution is -2.08. The molecule has 0 saturated heterocycles. The van der Waals surface area contributed by atoms with E-state index in [0.717, 1.165) is 37.4 Å². The van der Waals surface area contributed by atoms with Gasteiger partial charge in [0.25, 0.3) is 0 Å². The largest absolute Gasteiger partial charge is 0.370 e. The number of fused-ring (bicyclic) bond motifs is 1. The Labute approximate surface area is 153 Å². The van der Waals surface area contributed by atoms with Gasteiger partial charge >= 0.3 is 0 Å². The molecule has 1 N–H and O–H groups in total. The zero-order chi connectivity index (χ0) is 18.3. The topological polar surface area (TPSA) is 29.9 Å². The fraction of sp³-hybridized carbons (Fsp3) is 0.211. The number of nitrogens with one attached hydrogen (secondary N) is 1. The van der Waals surface area contributed by atoms with Crippen LogP contribution in [0.5, 0.6) is 0 Å². The van der Waals surface area contributed by atoms with E-state index in [1.807, 2.05) is 0 Å². The summed E-state index contributed by atoms with van der Waals surface area (Å²) in [6.07, 6.45) is 2.62. The predicted octanol–water partition coefficient (Wildman–Crippen LogP) is 5.36. The van der Waals surface area contributed by atoms with Gasteiger partial charge in [0.05, 0.1) is 10.7 Å². The van der Waals surface area contributed by atoms with E-state index < -0.39 is 17.5 Å². The number of aromatic nitrogens is 2. The van der Waals surface area contributed by atoms with Crippen molar-refractivity contribution >= 4 is 17.4 Å². The quantitative estimate of drug-likeness (QED) is 0.651. The van der Waals surface area contributed by atoms with Crippen molar-refractivity contribution in [3.8, 4) is 16.9 Å². The Hall–Kier alpha value is -2.47. The Balaban J connectivity index is 1.95. The molecule has 0 saturated carbocycles. The Morgan fingerprint density at radius 1 is 1.00 bits per heavy atom. The SMILES string of the molecule is Fc1ccc(-n2nc(-c3ccc(F)cc3Cl)c3c2NCCCC3)c(F)c1. The van der Waals surface area contributed by atoms with Gasteiger partial charge in [0, 0.05) is 23.7 Å². The zero-order valence-corrected chi connectivity index (χ0v) is 14.5. The second-order valence-electron chi connectivity index (χ2n) is 6.19. The Morgan fingerprint density at radius 3 is 2.54 bits per heavy atom. The highest BCUT2D eigenvalue weighted by Gasteiger charge is 2.24. The Bertz CT molecular complexity index is 908. The Morgan fingerprint density at radius 2 is 1.77 bits per heavy atom. The van der Waals surface area contributed by atoms with Crippen molar-refractivity contribution in [1.29, 1.82) is 0 Å². The first-order valence-electron chi connectivity index (χ1n) is 8.31. The summed E-state index contributed by atoms with van der Waals surface area (Å²) in [6, 6.07) is 7.47. The van der Waals surface area contributed by atoms with Crippen LogP contribution in [0, 0.1) is 17.5 Å². The lowest BCUT2D eigenvalue weighted by molar-refractivity contribution is 0.574. The lowest BCUT2D eigenvalue weighted by atomic mass is 10.0. The van der Waals surface area contributed by atoms with Crippen LogP contribution >= 0.6 is 11.6 Å². The summed E-state index contributed by atoms with van der Waals surface area (Å²) in [5.41, 5.74) is 2.18. The number of rotatable bonds is 2. The van der Waals surface area contributed by atoms with E-state index in [0.29, 0.717) is 17.1 Å². The van der Waals surface area contributed by atoms with Gasteiger partial charge in [0.2, 0.25) is 0 Å². The molecule has 0 atom stereocenters. The zero-order valence-electron chi connectivity index (χ0n) is 13.7. The molecule has 0 bridgehead atoms. The number of benzene rings is 2. The van der Waals surface area contributed by atoms with Crippen molar-refractivity contribution in [2.45, 2.75) is 19.3 Å². The van der Waals surface area contributed by atoms with E-state index >= 15 is 0 Å². The van der Waals surface area contributed by atoms with Crippen molar-refractivity contribution in [3.05, 3.63) is 64.4 Å². The highest BCUT2D eigenvalue weighted by Crippen LogP contribution is 2.37. The van der Waals surface area contributed by atoms with E-state index in [2.05, 4.69) is 10.4 Å². The van der Waals surface area contributed by atoms with Crippen molar-refractivity contribution in [2.75, 3.05) is 11.9 Å². The van der Waals surface area contributed by atoms with E-state index in [-0.39, 0.29) is 10.7 Å². The summed E-state index contributed by atoms with van der Waals surface area (Å²) in [6.45, 7) is 0.720. The molecule has 0 fully saturated rings. The molecule has 0 spiro atoms. The molecule has 0 amide bonds. The van der Waals surface area contributed by atoms with Gasteiger partial charge < -0.3 is 5.32 Å². The van der Waals surface area contributed by atoms with E-state index in [1.165, 1.54) is 28.9 Å². The molecule has 3 aromatic rings. The summed E-state index contributed by atoms with van der Waals surface area (Å²) in [4.78, 5) is 0. The minimum atomic E-state index is -0.710. The maximum Gasteiger partial charge on any atom is 0.151 e. The molecule has 3 nitrogen and oxygen atoms in total. The number of anilines is 1. The van der Waals surface area contributed by atoms with Crippen LogP contribution in [-0.2, 0) is 6.42 Å². The van der Waals surface area contributed by atoms with Crippen molar-refractivity contribution < 1.29 is 13.2 Å². The van der Waals surface area contributed by atoms with E-state index in [4.69, 9.17) is 11.6 Å². The van der Waals surface area contributed by atoms with Crippen LogP contribution in [-0.4, -0.2) is 16.3 Å². The molecule has 1 aromatic heterocycles. The third-order valence-corrected chi connectivity index (χ3v) is 4.77. The van der Waals surface area contributed by atoms with Gasteiger partial charge in [-0.1, -0.05) is 11.6 Å². The van der Waals surface area contributed by atoms with Crippen LogP contribution in [0.4, 0.5) is 19.0 Å². The molecular weight excluding hydrogens is 363 g/mol. The number of nitrogens with zero attached hydrogens (tertiary/aromatic N) is 2. The molecule has 2 aromatic carbocycles. The van der Waals surface area contributed by atoms with Gasteiger partial charge in [0.1, 0.15) is 23.1 Å². The van der Waals surface area contributed by atoms with Crippen molar-refractivity contribution in [3.63, 3.8) is 0 Å². The first-order valence-corrected chi connectivity index (χ1v) is 8.69. The fourth-order valence-corrected chi connectivity index (χ4v) is 3.48. The summed E-state index contributed by atoms with van der Waals surface area (Å²) in [7, 11) is 0. The summed E-state index contributed by atoms with van der Waals surface area (Å²) in [5, 5.41) is 8.06. The highest BCUT2D eigenvalue weighted by atomic mass is 35.5. The maximum atomic E-state index is 14.3. The molecule has 0 unspecified atom stereocenters. The smallest absolute Gasteiger partial charge is 0.151 e. The number of halogens is 4. The lowest BCUT2D eigenvalue weighted by Gasteiger charge is -2.10. The van der Waals surface area contributed by atoms with Gasteiger partial charge in [-0.25, -0.2) is 17.9 Å². The second-order valence-corrected chi connectivity index (χ2v) is 6.60. The molecule has 0 aliphatic carbocycles. The van der Waals surface area contributed by atoms with Crippen molar-refractivity contribution in [1.82, 2.24) is 9.78 Å². The molecule has 26 heavy (non-hydrogen) atoms. The average Bonchev–Trinajstić information content (AvgIpc) is 2.77. The predicted molar refractivity (Wildman–Crippen MR) is 95.3 cm³/mol. The first-order chi connectivity index (χ1) is 12.5. The molecule has 2 heterocycles. The maximum absolute atomic E-state index is 14.3. The van der Waals surface area contributed by atoms with Crippen LogP contribution in [0.15, 0.2) is 36.4 Å². The van der Waals surface area contributed by atoms with Crippen LogP contribution in [0.1, 0.15) is 18.4 Å². The normalized spacial score (nSPS) is 13.8. The molecule has 1 aliphatic heterocycles. The average molecular weight is 378 g/mol. The molecule has 7 heteroatoms. The second kappa shape index (κ2) is 6.68.